The number of benzene rings is 2. The van der Waals surface area contributed by atoms with Gasteiger partial charge in [-0.05, 0) is 61.9 Å². The molecule has 1 N–H and O–H groups in total. The van der Waals surface area contributed by atoms with Gasteiger partial charge in [-0.25, -0.2) is 13.1 Å². The maximum absolute atomic E-state index is 13.2. The van der Waals surface area contributed by atoms with Gasteiger partial charge in [0.25, 0.3) is 0 Å². The van der Waals surface area contributed by atoms with Crippen molar-refractivity contribution in [2.24, 2.45) is 0 Å². The summed E-state index contributed by atoms with van der Waals surface area (Å²) in [6.07, 6.45) is 1.85. The van der Waals surface area contributed by atoms with Crippen molar-refractivity contribution in [3.63, 3.8) is 0 Å². The molecule has 2 heterocycles. The Morgan fingerprint density at radius 2 is 1.81 bits per heavy atom. The Morgan fingerprint density at radius 3 is 2.53 bits per heavy atom. The summed E-state index contributed by atoms with van der Waals surface area (Å²) in [5.74, 6) is 1.53. The first-order valence-corrected chi connectivity index (χ1v) is 11.8. The highest BCUT2D eigenvalue weighted by atomic mass is 32.2. The first kappa shape index (κ1) is 20.7. The normalized spacial score (nSPS) is 16.0. The Hall–Kier alpha value is -3.23. The highest BCUT2D eigenvalue weighted by Crippen LogP contribution is 2.51. The predicted octanol–water partition coefficient (Wildman–Crippen LogP) is 3.47. The van der Waals surface area contributed by atoms with Crippen molar-refractivity contribution in [1.82, 2.24) is 9.71 Å². The minimum atomic E-state index is -3.49. The summed E-state index contributed by atoms with van der Waals surface area (Å²) in [5.41, 5.74) is 2.64. The van der Waals surface area contributed by atoms with Crippen molar-refractivity contribution >= 4 is 15.8 Å². The monoisotopic (exact) mass is 452 g/mol. The van der Waals surface area contributed by atoms with Gasteiger partial charge in [-0.3, -0.25) is 9.78 Å². The average Bonchev–Trinajstić information content (AvgIpc) is 3.50. The fraction of sp³-hybridized carbons (Fsp3) is 0.250. The summed E-state index contributed by atoms with van der Waals surface area (Å²) in [5, 5.41) is 0. The highest BCUT2D eigenvalue weighted by molar-refractivity contribution is 7.89. The third kappa shape index (κ3) is 3.65. The molecule has 32 heavy (non-hydrogen) atoms. The number of carbonyl (C=O) groups is 1. The van der Waals surface area contributed by atoms with Crippen LogP contribution in [0.4, 0.5) is 0 Å². The number of rotatable bonds is 7. The van der Waals surface area contributed by atoms with E-state index < -0.39 is 15.4 Å². The van der Waals surface area contributed by atoms with Crippen LogP contribution in [0.25, 0.3) is 11.3 Å². The molecule has 0 saturated heterocycles. The van der Waals surface area contributed by atoms with Crippen LogP contribution in [-0.4, -0.2) is 33.0 Å². The van der Waals surface area contributed by atoms with Gasteiger partial charge in [0, 0.05) is 19.1 Å². The number of hydrogen-bond acceptors (Lipinski definition) is 6. The molecule has 0 amide bonds. The maximum atomic E-state index is 13.2. The summed E-state index contributed by atoms with van der Waals surface area (Å²) in [6.45, 7) is 0.207. The molecule has 0 unspecified atom stereocenters. The first-order chi connectivity index (χ1) is 15.4. The standard InChI is InChI=1S/C24H22N2O5S.H2/c1-25-32(28,29)19-8-5-16(6-9-19)20-4-2-3-18(26-20)14-23(27)24(11-12-24)17-7-10-21-22(13-17)31-15-30-21;/h2-10,13,25H,11-12,14-15H2,1H3;1H. The molecule has 1 aliphatic heterocycles. The number of carbonyl (C=O) groups excluding carboxylic acids is 1. The Labute approximate surface area is 187 Å². The molecular weight excluding hydrogens is 428 g/mol. The van der Waals surface area contributed by atoms with Gasteiger partial charge in [-0.15, -0.1) is 0 Å². The molecule has 1 aliphatic carbocycles. The van der Waals surface area contributed by atoms with Crippen LogP contribution in [0.5, 0.6) is 11.5 Å². The molecule has 2 aromatic carbocycles. The van der Waals surface area contributed by atoms with Crippen molar-refractivity contribution in [2.45, 2.75) is 29.6 Å². The minimum absolute atomic E-state index is 0. The molecule has 166 valence electrons. The minimum Gasteiger partial charge on any atom is -0.454 e. The maximum Gasteiger partial charge on any atom is 0.240 e. The third-order valence-corrected chi connectivity index (χ3v) is 7.52. The second-order valence-corrected chi connectivity index (χ2v) is 9.88. The highest BCUT2D eigenvalue weighted by Gasteiger charge is 2.50. The zero-order chi connectivity index (χ0) is 22.3. The van der Waals surface area contributed by atoms with Crippen molar-refractivity contribution < 1.29 is 24.1 Å². The third-order valence-electron chi connectivity index (χ3n) is 6.09. The molecule has 1 saturated carbocycles. The van der Waals surface area contributed by atoms with Crippen molar-refractivity contribution in [3.8, 4) is 22.8 Å². The summed E-state index contributed by atoms with van der Waals surface area (Å²) in [7, 11) is -2.12. The molecular formula is C24H24N2O5S. The Balaban J connectivity index is 0.00000259. The number of ether oxygens (including phenoxy) is 2. The number of nitrogens with zero attached hydrogens (tertiary/aromatic N) is 1. The van der Waals surface area contributed by atoms with Crippen molar-refractivity contribution in [2.75, 3.05) is 13.8 Å². The van der Waals surface area contributed by atoms with Crippen LogP contribution in [0.2, 0.25) is 0 Å². The van der Waals surface area contributed by atoms with Crippen LogP contribution in [0.15, 0.2) is 65.6 Å². The molecule has 0 atom stereocenters. The van der Waals surface area contributed by atoms with E-state index in [0.29, 0.717) is 22.9 Å². The van der Waals surface area contributed by atoms with E-state index in [0.717, 1.165) is 24.0 Å². The Morgan fingerprint density at radius 1 is 1.06 bits per heavy atom. The summed E-state index contributed by atoms with van der Waals surface area (Å²) >= 11 is 0. The lowest BCUT2D eigenvalue weighted by Crippen LogP contribution is -2.23. The van der Waals surface area contributed by atoms with Crippen LogP contribution in [0, 0.1) is 0 Å². The smallest absolute Gasteiger partial charge is 0.240 e. The van der Waals surface area contributed by atoms with E-state index in [1.807, 2.05) is 36.4 Å². The van der Waals surface area contributed by atoms with Gasteiger partial charge >= 0.3 is 0 Å². The summed E-state index contributed by atoms with van der Waals surface area (Å²) in [6, 6.07) is 17.8. The molecule has 5 rings (SSSR count). The van der Waals surface area contributed by atoms with Crippen LogP contribution < -0.4 is 14.2 Å². The van der Waals surface area contributed by atoms with Crippen LogP contribution in [0.3, 0.4) is 0 Å². The lowest BCUT2D eigenvalue weighted by atomic mass is 9.88. The topological polar surface area (TPSA) is 94.6 Å². The van der Waals surface area contributed by atoms with Crippen LogP contribution in [0.1, 0.15) is 25.5 Å². The van der Waals surface area contributed by atoms with Gasteiger partial charge < -0.3 is 9.47 Å². The van der Waals surface area contributed by atoms with Gasteiger partial charge in [0.05, 0.1) is 16.0 Å². The van der Waals surface area contributed by atoms with E-state index in [1.165, 1.54) is 7.05 Å². The van der Waals surface area contributed by atoms with Gasteiger partial charge in [0.2, 0.25) is 16.8 Å². The van der Waals surface area contributed by atoms with Gasteiger partial charge in [0.1, 0.15) is 5.78 Å². The van der Waals surface area contributed by atoms with Crippen LogP contribution >= 0.6 is 0 Å². The Bertz CT molecular complexity index is 1300. The van der Waals surface area contributed by atoms with Crippen LogP contribution in [-0.2, 0) is 26.7 Å². The largest absolute Gasteiger partial charge is 0.454 e. The fourth-order valence-corrected chi connectivity index (χ4v) is 4.77. The Kier molecular flexibility index (Phi) is 4.98. The number of nitrogens with one attached hydrogen (secondary N) is 1. The zero-order valence-electron chi connectivity index (χ0n) is 17.5. The molecule has 7 nitrogen and oxygen atoms in total. The predicted molar refractivity (Wildman–Crippen MR) is 120 cm³/mol. The SMILES string of the molecule is CNS(=O)(=O)c1ccc(-c2cccc(CC(=O)C3(c4ccc5c(c4)OCO5)CC3)n2)cc1.[HH]. The van der Waals surface area contributed by atoms with Crippen molar-refractivity contribution in [3.05, 3.63) is 71.9 Å². The molecule has 0 bridgehead atoms. The lowest BCUT2D eigenvalue weighted by Gasteiger charge is -2.15. The second kappa shape index (κ2) is 7.72. The second-order valence-electron chi connectivity index (χ2n) is 8.00. The average molecular weight is 453 g/mol. The number of sulfonamides is 1. The molecule has 2 aliphatic rings. The summed E-state index contributed by atoms with van der Waals surface area (Å²) < 4.78 is 37.0. The van der Waals surface area contributed by atoms with Crippen molar-refractivity contribution in [1.29, 1.82) is 0 Å². The quantitative estimate of drug-likeness (QED) is 0.590. The van der Waals surface area contributed by atoms with E-state index in [9.17, 15) is 13.2 Å². The lowest BCUT2D eigenvalue weighted by molar-refractivity contribution is -0.120. The molecule has 3 aromatic rings. The number of aromatic nitrogens is 1. The number of ketones is 1. The van der Waals surface area contributed by atoms with E-state index in [-0.39, 0.29) is 25.3 Å². The van der Waals surface area contributed by atoms with Gasteiger partial charge in [0.15, 0.2) is 11.5 Å². The molecule has 0 radical (unpaired) electrons. The number of fused-ring (bicyclic) bond motifs is 1. The number of Topliss-reactive ketones (excluding diaryl/α,β-unsaturated/α-hetero) is 1. The van der Waals surface area contributed by atoms with E-state index in [1.54, 1.807) is 24.3 Å². The summed E-state index contributed by atoms with van der Waals surface area (Å²) in [4.78, 5) is 18.1. The van der Waals surface area contributed by atoms with E-state index in [2.05, 4.69) is 9.71 Å². The fourth-order valence-electron chi connectivity index (χ4n) is 4.04. The van der Waals surface area contributed by atoms with Gasteiger partial charge in [-0.1, -0.05) is 24.3 Å². The molecule has 1 fully saturated rings. The van der Waals surface area contributed by atoms with E-state index >= 15 is 0 Å². The molecule has 8 heteroatoms. The number of hydrogen-bond donors (Lipinski definition) is 1. The van der Waals surface area contributed by atoms with E-state index in [4.69, 9.17) is 9.47 Å². The van der Waals surface area contributed by atoms with Gasteiger partial charge in [-0.2, -0.15) is 0 Å². The molecule has 0 spiro atoms. The zero-order valence-corrected chi connectivity index (χ0v) is 18.3. The number of pyridine rings is 1. The molecule has 1 aromatic heterocycles. The first-order valence-electron chi connectivity index (χ1n) is 10.3.